The van der Waals surface area contributed by atoms with Gasteiger partial charge in [0.15, 0.2) is 0 Å². The Labute approximate surface area is 123 Å². The van der Waals surface area contributed by atoms with E-state index in [0.717, 1.165) is 5.56 Å². The second-order valence-corrected chi connectivity index (χ2v) is 5.30. The highest BCUT2D eigenvalue weighted by Crippen LogP contribution is 2.34. The van der Waals surface area contributed by atoms with E-state index in [1.807, 2.05) is 30.3 Å². The van der Waals surface area contributed by atoms with Gasteiger partial charge in [0, 0.05) is 12.3 Å². The zero-order chi connectivity index (χ0) is 15.1. The minimum atomic E-state index is -0.993. The van der Waals surface area contributed by atoms with Crippen molar-refractivity contribution in [2.24, 2.45) is 5.92 Å². The maximum absolute atomic E-state index is 11.5. The predicted octanol–water partition coefficient (Wildman–Crippen LogP) is 3.17. The van der Waals surface area contributed by atoms with E-state index in [1.54, 1.807) is 0 Å². The molecular weight excluding hydrogens is 276 g/mol. The molecule has 4 nitrogen and oxygen atoms in total. The second-order valence-electron chi connectivity index (χ2n) is 4.66. The molecule has 1 aromatic rings. The van der Waals surface area contributed by atoms with E-state index in [-0.39, 0.29) is 18.8 Å². The van der Waals surface area contributed by atoms with Gasteiger partial charge < -0.3 is 10.2 Å². The van der Waals surface area contributed by atoms with Gasteiger partial charge in [0.05, 0.1) is 5.92 Å². The number of aliphatic carboxylic acids is 2. The fraction of sp³-hybridized carbons (Fsp3) is 0.333. The average molecular weight is 294 g/mol. The smallest absolute Gasteiger partial charge is 0.307 e. The maximum Gasteiger partial charge on any atom is 0.307 e. The average Bonchev–Trinajstić information content (AvgIpc) is 2.37. The van der Waals surface area contributed by atoms with Crippen LogP contribution in [0.3, 0.4) is 0 Å². The van der Waals surface area contributed by atoms with Crippen LogP contribution in [0.5, 0.6) is 0 Å². The molecule has 1 aromatic carbocycles. The number of carboxylic acid groups (broad SMARTS) is 2. The Hall–Kier alpha value is -1.75. The molecule has 5 heteroatoms. The number of thiol groups is 1. The number of rotatable bonds is 8. The van der Waals surface area contributed by atoms with Crippen LogP contribution >= 0.6 is 12.6 Å². The first-order valence-electron chi connectivity index (χ1n) is 6.28. The summed E-state index contributed by atoms with van der Waals surface area (Å²) >= 11 is 4.16. The third-order valence-corrected chi connectivity index (χ3v) is 3.34. The highest BCUT2D eigenvalue weighted by Gasteiger charge is 2.29. The lowest BCUT2D eigenvalue weighted by Crippen LogP contribution is -2.23. The standard InChI is InChI=1S/C15H18O4S/c1-10(20)9-13(11-5-3-2-4-6-11)12(15(18)19)7-8-14(16)17/h2-6,12-13,20H,1,7-9H2,(H,16,17)(H,18,19). The molecule has 0 aliphatic heterocycles. The molecule has 0 aliphatic rings. The Morgan fingerprint density at radius 2 is 1.80 bits per heavy atom. The summed E-state index contributed by atoms with van der Waals surface area (Å²) < 4.78 is 0. The first-order valence-corrected chi connectivity index (χ1v) is 6.72. The minimum Gasteiger partial charge on any atom is -0.481 e. The zero-order valence-corrected chi connectivity index (χ0v) is 11.9. The number of carbonyl (C=O) groups is 2. The number of allylic oxidation sites excluding steroid dienone is 1. The van der Waals surface area contributed by atoms with Crippen molar-refractivity contribution < 1.29 is 19.8 Å². The van der Waals surface area contributed by atoms with Crippen LogP contribution in [0.15, 0.2) is 41.8 Å². The van der Waals surface area contributed by atoms with E-state index >= 15 is 0 Å². The van der Waals surface area contributed by atoms with Crippen molar-refractivity contribution in [3.63, 3.8) is 0 Å². The van der Waals surface area contributed by atoms with Crippen molar-refractivity contribution in [3.8, 4) is 0 Å². The largest absolute Gasteiger partial charge is 0.481 e. The summed E-state index contributed by atoms with van der Waals surface area (Å²) in [5.74, 6) is -3.07. The molecule has 0 bridgehead atoms. The van der Waals surface area contributed by atoms with Gasteiger partial charge >= 0.3 is 11.9 Å². The molecule has 0 spiro atoms. The second kappa shape index (κ2) is 7.75. The Bertz CT molecular complexity index is 484. The van der Waals surface area contributed by atoms with Crippen molar-refractivity contribution in [3.05, 3.63) is 47.4 Å². The summed E-state index contributed by atoms with van der Waals surface area (Å²) in [4.78, 5) is 22.7. The van der Waals surface area contributed by atoms with Gasteiger partial charge in [0.2, 0.25) is 0 Å². The number of hydrogen-bond donors (Lipinski definition) is 3. The van der Waals surface area contributed by atoms with Gasteiger partial charge in [-0.3, -0.25) is 9.59 Å². The summed E-state index contributed by atoms with van der Waals surface area (Å²) in [6, 6.07) is 9.21. The molecule has 0 saturated heterocycles. The van der Waals surface area contributed by atoms with Gasteiger partial charge in [0.1, 0.15) is 0 Å². The predicted molar refractivity (Wildman–Crippen MR) is 79.9 cm³/mol. The topological polar surface area (TPSA) is 74.6 Å². The molecule has 0 amide bonds. The molecule has 0 heterocycles. The van der Waals surface area contributed by atoms with E-state index < -0.39 is 17.9 Å². The summed E-state index contributed by atoms with van der Waals surface area (Å²) in [7, 11) is 0. The van der Waals surface area contributed by atoms with Crippen LogP contribution in [-0.4, -0.2) is 22.2 Å². The lowest BCUT2D eigenvalue weighted by molar-refractivity contribution is -0.143. The molecule has 2 atom stereocenters. The molecule has 0 radical (unpaired) electrons. The monoisotopic (exact) mass is 294 g/mol. The normalized spacial score (nSPS) is 13.4. The van der Waals surface area contributed by atoms with Crippen molar-refractivity contribution in [1.82, 2.24) is 0 Å². The molecule has 0 aliphatic carbocycles. The fourth-order valence-electron chi connectivity index (χ4n) is 2.22. The Balaban J connectivity index is 3.01. The molecule has 0 saturated carbocycles. The van der Waals surface area contributed by atoms with Crippen molar-refractivity contribution in [1.29, 1.82) is 0 Å². The fourth-order valence-corrected chi connectivity index (χ4v) is 2.42. The van der Waals surface area contributed by atoms with Crippen LogP contribution in [0.4, 0.5) is 0 Å². The van der Waals surface area contributed by atoms with E-state index in [2.05, 4.69) is 19.2 Å². The molecule has 1 rings (SSSR count). The van der Waals surface area contributed by atoms with Gasteiger partial charge in [-0.1, -0.05) is 36.9 Å². The van der Waals surface area contributed by atoms with E-state index in [4.69, 9.17) is 5.11 Å². The molecule has 0 fully saturated rings. The number of carboxylic acids is 2. The van der Waals surface area contributed by atoms with Crippen molar-refractivity contribution in [2.45, 2.75) is 25.2 Å². The van der Waals surface area contributed by atoms with Crippen LogP contribution < -0.4 is 0 Å². The summed E-state index contributed by atoms with van der Waals surface area (Å²) in [6.07, 6.45) is 0.328. The minimum absolute atomic E-state index is 0.0886. The van der Waals surface area contributed by atoms with Crippen LogP contribution in [0.25, 0.3) is 0 Å². The summed E-state index contributed by atoms with van der Waals surface area (Å²) in [6.45, 7) is 3.71. The van der Waals surface area contributed by atoms with Gasteiger partial charge in [-0.25, -0.2) is 0 Å². The molecule has 20 heavy (non-hydrogen) atoms. The van der Waals surface area contributed by atoms with Gasteiger partial charge in [0.25, 0.3) is 0 Å². The third kappa shape index (κ3) is 5.09. The highest BCUT2D eigenvalue weighted by molar-refractivity contribution is 7.84. The van der Waals surface area contributed by atoms with Gasteiger partial charge in [-0.05, 0) is 23.3 Å². The van der Waals surface area contributed by atoms with Crippen LogP contribution in [0.1, 0.15) is 30.7 Å². The summed E-state index contributed by atoms with van der Waals surface area (Å²) in [5, 5.41) is 18.1. The molecule has 2 unspecified atom stereocenters. The van der Waals surface area contributed by atoms with Crippen molar-refractivity contribution in [2.75, 3.05) is 0 Å². The Morgan fingerprint density at radius 3 is 2.25 bits per heavy atom. The van der Waals surface area contributed by atoms with Crippen LogP contribution in [0.2, 0.25) is 0 Å². The van der Waals surface area contributed by atoms with Gasteiger partial charge in [-0.2, -0.15) is 0 Å². The van der Waals surface area contributed by atoms with E-state index in [9.17, 15) is 14.7 Å². The van der Waals surface area contributed by atoms with Crippen molar-refractivity contribution >= 4 is 24.6 Å². The third-order valence-electron chi connectivity index (χ3n) is 3.16. The lowest BCUT2D eigenvalue weighted by atomic mass is 9.81. The number of hydrogen-bond acceptors (Lipinski definition) is 3. The highest BCUT2D eigenvalue weighted by atomic mass is 32.1. The first kappa shape index (κ1) is 16.3. The lowest BCUT2D eigenvalue weighted by Gasteiger charge is -2.24. The molecule has 2 N–H and O–H groups in total. The molecule has 108 valence electrons. The van der Waals surface area contributed by atoms with Crippen LogP contribution in [0, 0.1) is 5.92 Å². The zero-order valence-electron chi connectivity index (χ0n) is 11.0. The Morgan fingerprint density at radius 1 is 1.20 bits per heavy atom. The quantitative estimate of drug-likeness (QED) is 0.644. The number of benzene rings is 1. The molecular formula is C15H18O4S. The van der Waals surface area contributed by atoms with E-state index in [0.29, 0.717) is 11.3 Å². The first-order chi connectivity index (χ1) is 9.41. The van der Waals surface area contributed by atoms with Gasteiger partial charge in [-0.15, -0.1) is 12.6 Å². The van der Waals surface area contributed by atoms with Crippen LogP contribution in [-0.2, 0) is 9.59 Å². The Kier molecular flexibility index (Phi) is 6.31. The maximum atomic E-state index is 11.5. The summed E-state index contributed by atoms with van der Waals surface area (Å²) in [5.41, 5.74) is 0.862. The van der Waals surface area contributed by atoms with E-state index in [1.165, 1.54) is 0 Å². The SMILES string of the molecule is C=C(S)CC(c1ccccc1)C(CCC(=O)O)C(=O)O. The molecule has 0 aromatic heterocycles.